The maximum atomic E-state index is 13.0. The molecule has 5 N–H and O–H groups in total. The molecule has 0 spiro atoms. The molecule has 0 saturated carbocycles. The van der Waals surface area contributed by atoms with E-state index in [1.54, 1.807) is 0 Å². The van der Waals surface area contributed by atoms with Gasteiger partial charge >= 0.3 is 12.2 Å². The van der Waals surface area contributed by atoms with Crippen LogP contribution in [0.5, 0.6) is 0 Å². The van der Waals surface area contributed by atoms with Gasteiger partial charge in [0.1, 0.15) is 0 Å². The van der Waals surface area contributed by atoms with Crippen LogP contribution >= 0.6 is 0 Å². The van der Waals surface area contributed by atoms with E-state index in [0.717, 1.165) is 4.90 Å². The van der Waals surface area contributed by atoms with Crippen molar-refractivity contribution in [3.8, 4) is 0 Å². The van der Waals surface area contributed by atoms with E-state index in [-0.39, 0.29) is 18.7 Å². The number of anilines is 1. The summed E-state index contributed by atoms with van der Waals surface area (Å²) in [5, 5.41) is 2.31. The van der Waals surface area contributed by atoms with Crippen molar-refractivity contribution >= 4 is 17.6 Å². The number of amides is 3. The molecule has 3 amide bonds. The molecule has 9 heteroatoms. The van der Waals surface area contributed by atoms with Crippen LogP contribution in [0.2, 0.25) is 0 Å². The van der Waals surface area contributed by atoms with E-state index in [4.69, 9.17) is 11.5 Å². The number of carbonyl (C=O) groups excluding carboxylic acids is 2. The first-order valence-corrected chi connectivity index (χ1v) is 6.95. The minimum Gasteiger partial charge on any atom is -0.351 e. The molecule has 0 aliphatic carbocycles. The van der Waals surface area contributed by atoms with Gasteiger partial charge in [0.15, 0.2) is 0 Å². The third-order valence-corrected chi connectivity index (χ3v) is 3.83. The fourth-order valence-electron chi connectivity index (χ4n) is 2.70. The fraction of sp³-hybridized carbons (Fsp3) is 0.429. The van der Waals surface area contributed by atoms with Gasteiger partial charge in [-0.05, 0) is 24.7 Å². The molecule has 1 fully saturated rings. The SMILES string of the molecule is NCC1CN(C(=O)c2cccc(NC(N)=O)c2)CC1C(F)(F)F. The number of nitrogens with zero attached hydrogens (tertiary/aromatic N) is 1. The van der Waals surface area contributed by atoms with Gasteiger partial charge < -0.3 is 21.7 Å². The predicted molar refractivity (Wildman–Crippen MR) is 77.6 cm³/mol. The number of hydrogen-bond acceptors (Lipinski definition) is 3. The third-order valence-electron chi connectivity index (χ3n) is 3.83. The summed E-state index contributed by atoms with van der Waals surface area (Å²) in [5.74, 6) is -2.97. The standard InChI is InChI=1S/C14H17F3N4O2/c15-14(16,17)11-7-21(6-9(11)5-18)12(22)8-2-1-3-10(4-8)20-13(19)23/h1-4,9,11H,5-7,18H2,(H3,19,20,23). The number of alkyl halides is 3. The zero-order valence-corrected chi connectivity index (χ0v) is 12.1. The number of benzene rings is 1. The van der Waals surface area contributed by atoms with Crippen molar-refractivity contribution in [2.45, 2.75) is 6.18 Å². The maximum Gasteiger partial charge on any atom is 0.393 e. The topological polar surface area (TPSA) is 101 Å². The monoisotopic (exact) mass is 330 g/mol. The lowest BCUT2D eigenvalue weighted by Gasteiger charge is -2.19. The second-order valence-corrected chi connectivity index (χ2v) is 5.42. The number of hydrogen-bond donors (Lipinski definition) is 3. The van der Waals surface area contributed by atoms with Crippen LogP contribution in [0.1, 0.15) is 10.4 Å². The minimum atomic E-state index is -4.39. The van der Waals surface area contributed by atoms with Crippen LogP contribution in [0.25, 0.3) is 0 Å². The summed E-state index contributed by atoms with van der Waals surface area (Å²) in [4.78, 5) is 24.3. The van der Waals surface area contributed by atoms with Crippen LogP contribution in [0.4, 0.5) is 23.7 Å². The lowest BCUT2D eigenvalue weighted by atomic mass is 9.96. The van der Waals surface area contributed by atoms with Crippen molar-refractivity contribution in [2.75, 3.05) is 25.0 Å². The number of primary amides is 1. The Morgan fingerprint density at radius 2 is 2.00 bits per heavy atom. The lowest BCUT2D eigenvalue weighted by molar-refractivity contribution is -0.179. The van der Waals surface area contributed by atoms with Crippen LogP contribution in [-0.2, 0) is 0 Å². The average Bonchev–Trinajstić information content (AvgIpc) is 2.90. The van der Waals surface area contributed by atoms with E-state index >= 15 is 0 Å². The molecule has 2 atom stereocenters. The quantitative estimate of drug-likeness (QED) is 0.780. The number of rotatable bonds is 3. The van der Waals surface area contributed by atoms with E-state index < -0.39 is 36.5 Å². The molecule has 1 aromatic carbocycles. The van der Waals surface area contributed by atoms with Gasteiger partial charge in [0, 0.05) is 30.3 Å². The smallest absolute Gasteiger partial charge is 0.351 e. The van der Waals surface area contributed by atoms with Crippen molar-refractivity contribution in [1.29, 1.82) is 0 Å². The summed E-state index contributed by atoms with van der Waals surface area (Å²) in [7, 11) is 0. The van der Waals surface area contributed by atoms with Crippen molar-refractivity contribution < 1.29 is 22.8 Å². The Bertz CT molecular complexity index is 606. The molecular formula is C14H17F3N4O2. The number of urea groups is 1. The third kappa shape index (κ3) is 3.92. The molecule has 1 aliphatic heterocycles. The van der Waals surface area contributed by atoms with Gasteiger partial charge in [-0.25, -0.2) is 4.79 Å². The summed E-state index contributed by atoms with van der Waals surface area (Å²) in [5.41, 5.74) is 10.9. The molecule has 1 saturated heterocycles. The fourth-order valence-corrected chi connectivity index (χ4v) is 2.70. The number of carbonyl (C=O) groups is 2. The van der Waals surface area contributed by atoms with Crippen molar-refractivity contribution in [3.63, 3.8) is 0 Å². The Balaban J connectivity index is 2.16. The number of halogens is 3. The molecule has 0 aromatic heterocycles. The van der Waals surface area contributed by atoms with Crippen molar-refractivity contribution in [3.05, 3.63) is 29.8 Å². The molecule has 126 valence electrons. The van der Waals surface area contributed by atoms with E-state index in [0.29, 0.717) is 5.69 Å². The average molecular weight is 330 g/mol. The van der Waals surface area contributed by atoms with E-state index in [2.05, 4.69) is 5.32 Å². The Hall–Kier alpha value is -2.29. The molecular weight excluding hydrogens is 313 g/mol. The highest BCUT2D eigenvalue weighted by Gasteiger charge is 2.50. The van der Waals surface area contributed by atoms with Gasteiger partial charge in [-0.2, -0.15) is 13.2 Å². The molecule has 0 radical (unpaired) electrons. The van der Waals surface area contributed by atoms with E-state index in [1.165, 1.54) is 24.3 Å². The molecule has 0 bridgehead atoms. The molecule has 23 heavy (non-hydrogen) atoms. The van der Waals surface area contributed by atoms with Gasteiger partial charge in [-0.1, -0.05) is 6.07 Å². The Morgan fingerprint density at radius 1 is 1.30 bits per heavy atom. The zero-order chi connectivity index (χ0) is 17.2. The van der Waals surface area contributed by atoms with Crippen LogP contribution in [0, 0.1) is 11.8 Å². The van der Waals surface area contributed by atoms with Gasteiger partial charge in [0.2, 0.25) is 0 Å². The van der Waals surface area contributed by atoms with E-state index in [9.17, 15) is 22.8 Å². The lowest BCUT2D eigenvalue weighted by Crippen LogP contribution is -2.33. The second-order valence-electron chi connectivity index (χ2n) is 5.42. The summed E-state index contributed by atoms with van der Waals surface area (Å²) >= 11 is 0. The highest BCUT2D eigenvalue weighted by Crippen LogP contribution is 2.37. The minimum absolute atomic E-state index is 0.0486. The van der Waals surface area contributed by atoms with Gasteiger partial charge in [-0.3, -0.25) is 4.79 Å². The summed E-state index contributed by atoms with van der Waals surface area (Å²) in [6.45, 7) is -0.609. The molecule has 1 aromatic rings. The molecule has 1 aliphatic rings. The van der Waals surface area contributed by atoms with E-state index in [1.807, 2.05) is 0 Å². The first kappa shape index (κ1) is 17.1. The van der Waals surface area contributed by atoms with Gasteiger partial charge in [0.25, 0.3) is 5.91 Å². The van der Waals surface area contributed by atoms with Crippen molar-refractivity contribution in [1.82, 2.24) is 4.90 Å². The molecule has 1 heterocycles. The Morgan fingerprint density at radius 3 is 2.52 bits per heavy atom. The largest absolute Gasteiger partial charge is 0.393 e. The van der Waals surface area contributed by atoms with Crippen LogP contribution in [-0.4, -0.2) is 42.6 Å². The summed E-state index contributed by atoms with van der Waals surface area (Å²) in [6, 6.07) is 5.07. The number of likely N-dealkylation sites (tertiary alicyclic amines) is 1. The second kappa shape index (κ2) is 6.45. The molecule has 2 unspecified atom stereocenters. The Labute approximate surface area is 130 Å². The van der Waals surface area contributed by atoms with Gasteiger partial charge in [0.05, 0.1) is 5.92 Å². The van der Waals surface area contributed by atoms with Gasteiger partial charge in [-0.15, -0.1) is 0 Å². The highest BCUT2D eigenvalue weighted by atomic mass is 19.4. The van der Waals surface area contributed by atoms with Crippen LogP contribution < -0.4 is 16.8 Å². The first-order chi connectivity index (χ1) is 10.7. The normalized spacial score (nSPS) is 21.3. The summed E-state index contributed by atoms with van der Waals surface area (Å²) < 4.78 is 39.0. The van der Waals surface area contributed by atoms with Crippen molar-refractivity contribution in [2.24, 2.45) is 23.3 Å². The maximum absolute atomic E-state index is 13.0. The number of nitrogens with two attached hydrogens (primary N) is 2. The number of nitrogens with one attached hydrogen (secondary N) is 1. The summed E-state index contributed by atoms with van der Waals surface area (Å²) in [6.07, 6.45) is -4.39. The molecule has 2 rings (SSSR count). The predicted octanol–water partition coefficient (Wildman–Crippen LogP) is 1.39. The van der Waals surface area contributed by atoms with Crippen LogP contribution in [0.3, 0.4) is 0 Å². The highest BCUT2D eigenvalue weighted by molar-refractivity contribution is 5.96. The molecule has 6 nitrogen and oxygen atoms in total. The Kier molecular flexibility index (Phi) is 4.79. The first-order valence-electron chi connectivity index (χ1n) is 6.95. The van der Waals surface area contributed by atoms with Crippen LogP contribution in [0.15, 0.2) is 24.3 Å². The zero-order valence-electron chi connectivity index (χ0n) is 12.1.